The van der Waals surface area contributed by atoms with Gasteiger partial charge in [-0.1, -0.05) is 48.0 Å². The van der Waals surface area contributed by atoms with E-state index in [0.29, 0.717) is 38.7 Å². The van der Waals surface area contributed by atoms with E-state index < -0.39 is 16.2 Å². The molecular formula is C32H20ClN5O6. The molecule has 216 valence electrons. The number of benzene rings is 4. The second kappa shape index (κ2) is 11.7. The van der Waals surface area contributed by atoms with E-state index in [1.54, 1.807) is 79.9 Å². The number of ether oxygens (including phenoxy) is 2. The maximum Gasteiger partial charge on any atom is 0.313 e. The Bertz CT molecular complexity index is 2220. The summed E-state index contributed by atoms with van der Waals surface area (Å²) < 4.78 is 18.5. The molecule has 4 aromatic carbocycles. The first-order chi connectivity index (χ1) is 21.4. The van der Waals surface area contributed by atoms with Crippen molar-refractivity contribution >= 4 is 45.4 Å². The molecule has 0 aliphatic heterocycles. The fraction of sp³-hybridized carbons (Fsp3) is 0.0625. The molecule has 0 saturated carbocycles. The molecule has 44 heavy (non-hydrogen) atoms. The molecule has 12 heteroatoms. The molecule has 0 aliphatic carbocycles. The Balaban J connectivity index is 1.51. The van der Waals surface area contributed by atoms with Crippen LogP contribution in [0.3, 0.4) is 0 Å². The van der Waals surface area contributed by atoms with Crippen LogP contribution in [0.2, 0.25) is 5.02 Å². The monoisotopic (exact) mass is 605 g/mol. The van der Waals surface area contributed by atoms with E-state index in [4.69, 9.17) is 25.5 Å². The third-order valence-electron chi connectivity index (χ3n) is 6.80. The van der Waals surface area contributed by atoms with Crippen LogP contribution in [-0.4, -0.2) is 27.9 Å². The third kappa shape index (κ3) is 5.21. The number of furan rings is 1. The molecule has 0 aliphatic rings. The predicted molar refractivity (Wildman–Crippen MR) is 164 cm³/mol. The molecule has 0 unspecified atom stereocenters. The largest absolute Gasteiger partial charge is 0.496 e. The van der Waals surface area contributed by atoms with Gasteiger partial charge in [0.1, 0.15) is 17.9 Å². The zero-order chi connectivity index (χ0) is 30.8. The average molecular weight is 606 g/mol. The minimum absolute atomic E-state index is 0.0523. The first-order valence-electron chi connectivity index (χ1n) is 13.1. The van der Waals surface area contributed by atoms with E-state index >= 15 is 0 Å². The van der Waals surface area contributed by atoms with Crippen LogP contribution in [0.15, 0.2) is 99.2 Å². The number of methoxy groups -OCH3 is 1. The van der Waals surface area contributed by atoms with Crippen molar-refractivity contribution in [2.45, 2.75) is 6.61 Å². The lowest BCUT2D eigenvalue weighted by Gasteiger charge is -2.12. The van der Waals surface area contributed by atoms with Crippen LogP contribution in [0.1, 0.15) is 16.7 Å². The number of nitro benzene ring substituents is 1. The van der Waals surface area contributed by atoms with Crippen molar-refractivity contribution in [3.63, 3.8) is 0 Å². The van der Waals surface area contributed by atoms with Crippen molar-refractivity contribution in [2.75, 3.05) is 7.11 Å². The summed E-state index contributed by atoms with van der Waals surface area (Å²) >= 11 is 6.25. The highest BCUT2D eigenvalue weighted by Crippen LogP contribution is 2.35. The predicted octanol–water partition coefficient (Wildman–Crippen LogP) is 6.71. The number of nitrogens with zero attached hydrogens (tertiary/aromatic N) is 5. The van der Waals surface area contributed by atoms with Gasteiger partial charge in [0.25, 0.3) is 5.56 Å². The van der Waals surface area contributed by atoms with Crippen LogP contribution < -0.4 is 15.0 Å². The summed E-state index contributed by atoms with van der Waals surface area (Å²) in [6.07, 6.45) is 1.23. The smallest absolute Gasteiger partial charge is 0.313 e. The van der Waals surface area contributed by atoms with Crippen molar-refractivity contribution in [3.8, 4) is 29.2 Å². The molecular weight excluding hydrogens is 586 g/mol. The van der Waals surface area contributed by atoms with Gasteiger partial charge in [-0.3, -0.25) is 14.9 Å². The maximum atomic E-state index is 13.7. The topological polar surface area (TPSA) is 146 Å². The minimum Gasteiger partial charge on any atom is -0.496 e. The molecule has 0 N–H and O–H groups in total. The van der Waals surface area contributed by atoms with Crippen molar-refractivity contribution < 1.29 is 18.8 Å². The van der Waals surface area contributed by atoms with Gasteiger partial charge in [0.15, 0.2) is 5.76 Å². The Labute approximate surface area is 253 Å². The van der Waals surface area contributed by atoms with E-state index in [2.05, 4.69) is 16.2 Å². The summed E-state index contributed by atoms with van der Waals surface area (Å²) in [6.45, 7) is -0.142. The number of rotatable bonds is 8. The summed E-state index contributed by atoms with van der Waals surface area (Å²) in [7, 11) is 1.54. The summed E-state index contributed by atoms with van der Waals surface area (Å²) in [6, 6.07) is 25.2. The van der Waals surface area contributed by atoms with Crippen LogP contribution in [-0.2, 0) is 6.61 Å². The summed E-state index contributed by atoms with van der Waals surface area (Å²) in [5.74, 6) is 0.755. The number of para-hydroxylation sites is 1. The highest BCUT2D eigenvalue weighted by atomic mass is 35.5. The minimum atomic E-state index is -0.633. The van der Waals surface area contributed by atoms with E-state index in [-0.39, 0.29) is 34.5 Å². The molecule has 0 fully saturated rings. The van der Waals surface area contributed by atoms with Gasteiger partial charge in [-0.15, -0.1) is 0 Å². The number of aromatic nitrogens is 2. The summed E-state index contributed by atoms with van der Waals surface area (Å²) in [5.41, 5.74) is 1.02. The standard InChI is InChI=1S/C32H20ClN5O6/c1-42-27-11-6-12-28-24(27)15-29(44-28)31-36-25-10-5-4-9-23(25)32(39)37(31)35-17-21-13-22(33)14-26(38(40)41)30(21)43-18-20-8-3-2-7-19(20)16-34/h2-15,17H,18H2,1H3. The Morgan fingerprint density at radius 3 is 2.68 bits per heavy atom. The second-order valence-corrected chi connectivity index (χ2v) is 9.89. The van der Waals surface area contributed by atoms with E-state index in [9.17, 15) is 20.2 Å². The van der Waals surface area contributed by atoms with Gasteiger partial charge >= 0.3 is 5.69 Å². The molecule has 0 spiro atoms. The number of fused-ring (bicyclic) bond motifs is 2. The first-order valence-corrected chi connectivity index (χ1v) is 13.5. The average Bonchev–Trinajstić information content (AvgIpc) is 3.48. The van der Waals surface area contributed by atoms with Crippen LogP contribution in [0.25, 0.3) is 33.5 Å². The van der Waals surface area contributed by atoms with Gasteiger partial charge in [0.05, 0.1) is 46.2 Å². The molecule has 2 aromatic heterocycles. The number of halogens is 1. The molecule has 0 bridgehead atoms. The fourth-order valence-corrected chi connectivity index (χ4v) is 4.95. The molecule has 0 amide bonds. The van der Waals surface area contributed by atoms with Gasteiger partial charge in [-0.05, 0) is 42.5 Å². The molecule has 2 heterocycles. The van der Waals surface area contributed by atoms with Crippen LogP contribution in [0.4, 0.5) is 5.69 Å². The van der Waals surface area contributed by atoms with Gasteiger partial charge in [-0.2, -0.15) is 15.0 Å². The van der Waals surface area contributed by atoms with Gasteiger partial charge in [0.2, 0.25) is 11.6 Å². The lowest BCUT2D eigenvalue weighted by molar-refractivity contribution is -0.385. The van der Waals surface area contributed by atoms with Gasteiger partial charge in [0, 0.05) is 22.2 Å². The van der Waals surface area contributed by atoms with Crippen LogP contribution in [0.5, 0.6) is 11.5 Å². The second-order valence-electron chi connectivity index (χ2n) is 9.45. The molecule has 11 nitrogen and oxygen atoms in total. The zero-order valence-corrected chi connectivity index (χ0v) is 23.7. The summed E-state index contributed by atoms with van der Waals surface area (Å²) in [5, 5.41) is 26.9. The number of hydrogen-bond donors (Lipinski definition) is 0. The van der Waals surface area contributed by atoms with E-state index in [1.807, 2.05) is 0 Å². The Morgan fingerprint density at radius 2 is 1.89 bits per heavy atom. The first kappa shape index (κ1) is 28.1. The quantitative estimate of drug-likeness (QED) is 0.106. The molecule has 0 atom stereocenters. The molecule has 0 saturated heterocycles. The normalized spacial score (nSPS) is 11.2. The molecule has 6 aromatic rings. The van der Waals surface area contributed by atoms with Crippen molar-refractivity contribution in [1.29, 1.82) is 5.26 Å². The van der Waals surface area contributed by atoms with Crippen LogP contribution in [0, 0.1) is 21.4 Å². The van der Waals surface area contributed by atoms with Crippen molar-refractivity contribution in [1.82, 2.24) is 9.66 Å². The van der Waals surface area contributed by atoms with Crippen molar-refractivity contribution in [3.05, 3.63) is 127 Å². The van der Waals surface area contributed by atoms with Gasteiger partial charge < -0.3 is 13.9 Å². The maximum absolute atomic E-state index is 13.7. The number of nitro groups is 1. The lowest BCUT2D eigenvalue weighted by Crippen LogP contribution is -2.20. The fourth-order valence-electron chi connectivity index (χ4n) is 4.73. The number of hydrogen-bond acceptors (Lipinski definition) is 9. The SMILES string of the molecule is COc1cccc2oc(-c3nc4ccccc4c(=O)n3N=Cc3cc(Cl)cc([N+](=O)[O-])c3OCc3ccccc3C#N)cc12. The van der Waals surface area contributed by atoms with E-state index in [0.717, 1.165) is 10.7 Å². The highest BCUT2D eigenvalue weighted by Gasteiger charge is 2.22. The highest BCUT2D eigenvalue weighted by molar-refractivity contribution is 6.31. The molecule has 0 radical (unpaired) electrons. The summed E-state index contributed by atoms with van der Waals surface area (Å²) in [4.78, 5) is 29.8. The number of nitriles is 1. The Morgan fingerprint density at radius 1 is 1.09 bits per heavy atom. The zero-order valence-electron chi connectivity index (χ0n) is 22.9. The lowest BCUT2D eigenvalue weighted by atomic mass is 10.1. The van der Waals surface area contributed by atoms with E-state index in [1.165, 1.54) is 12.3 Å². The van der Waals surface area contributed by atoms with Gasteiger partial charge in [-0.25, -0.2) is 4.98 Å². The van der Waals surface area contributed by atoms with Crippen LogP contribution >= 0.6 is 11.6 Å². The Hall–Kier alpha value is -5.99. The Kier molecular flexibility index (Phi) is 7.49. The molecule has 6 rings (SSSR count). The van der Waals surface area contributed by atoms with Crippen molar-refractivity contribution in [2.24, 2.45) is 5.10 Å². The third-order valence-corrected chi connectivity index (χ3v) is 7.02.